The topological polar surface area (TPSA) is 154 Å². The standard InChI is InChI=1S/C28H37N3O9S2/c1-13(2)17-8-7-14(3)9-18(17)40-28(35)39-12-38-27(34)23-20(15(4)22-21(16(5)32)25(33)31(22)23)19-10-30-11-29-24(26(30)41-19)42(6,36)37/h10-11,13-18,21-22,32H,7-9,12H2,1-6H3/t14-,15?,16+,17?,18?,21+,22-/m0/s1. The molecule has 3 unspecified atom stereocenters. The minimum absolute atomic E-state index is 0.0225. The van der Waals surface area contributed by atoms with Crippen molar-refractivity contribution in [3.8, 4) is 0 Å². The third kappa shape index (κ3) is 5.32. The summed E-state index contributed by atoms with van der Waals surface area (Å²) in [5, 5.41) is 10.2. The Kier molecular flexibility index (Phi) is 8.18. The average Bonchev–Trinajstić information content (AvgIpc) is 3.52. The zero-order valence-electron chi connectivity index (χ0n) is 24.5. The Bertz CT molecular complexity index is 1540. The number of amides is 1. The van der Waals surface area contributed by atoms with Crippen LogP contribution >= 0.6 is 11.3 Å². The highest BCUT2D eigenvalue weighted by Gasteiger charge is 2.60. The lowest BCUT2D eigenvalue weighted by atomic mass is 9.75. The van der Waals surface area contributed by atoms with Crippen molar-refractivity contribution < 1.29 is 42.1 Å². The normalized spacial score (nSPS) is 28.6. The predicted octanol–water partition coefficient (Wildman–Crippen LogP) is 3.48. The Labute approximate surface area is 248 Å². The van der Waals surface area contributed by atoms with Gasteiger partial charge in [-0.2, -0.15) is 0 Å². The number of carbonyl (C=O) groups is 3. The number of carbonyl (C=O) groups excluding carboxylic acids is 3. The first-order valence-corrected chi connectivity index (χ1v) is 16.8. The molecule has 1 amide bonds. The number of aliphatic hydroxyl groups excluding tert-OH is 1. The van der Waals surface area contributed by atoms with Crippen molar-refractivity contribution in [3.63, 3.8) is 0 Å². The molecule has 2 aromatic heterocycles. The number of esters is 1. The van der Waals surface area contributed by atoms with Gasteiger partial charge in [0.2, 0.25) is 12.7 Å². The molecule has 0 spiro atoms. The van der Waals surface area contributed by atoms with E-state index >= 15 is 0 Å². The number of rotatable bonds is 8. The first-order valence-electron chi connectivity index (χ1n) is 14.1. The lowest BCUT2D eigenvalue weighted by molar-refractivity contribution is -0.167. The SMILES string of the molecule is CC(C)C1CC[C@H](C)CC1OC(=O)OCOC(=O)C1=C(c2cn3cnc(S(C)(=O)=O)c3s2)C(C)[C@H]2[C@@H]([C@@H](C)O)C(=O)N12. The number of hydrogen-bond donors (Lipinski definition) is 1. The van der Waals surface area contributed by atoms with Gasteiger partial charge in [0.15, 0.2) is 14.9 Å². The van der Waals surface area contributed by atoms with Crippen LogP contribution in [0, 0.1) is 29.6 Å². The van der Waals surface area contributed by atoms with E-state index in [1.54, 1.807) is 10.6 Å². The number of ether oxygens (including phenoxy) is 3. The zero-order chi connectivity index (χ0) is 30.7. The zero-order valence-corrected chi connectivity index (χ0v) is 26.1. The first-order chi connectivity index (χ1) is 19.7. The van der Waals surface area contributed by atoms with Crippen LogP contribution in [0.3, 0.4) is 0 Å². The molecule has 3 aliphatic rings. The summed E-state index contributed by atoms with van der Waals surface area (Å²) in [4.78, 5) is 45.3. The number of sulfone groups is 1. The number of fused-ring (bicyclic) bond motifs is 2. The van der Waals surface area contributed by atoms with Crippen LogP contribution in [0.15, 0.2) is 23.2 Å². The van der Waals surface area contributed by atoms with Crippen LogP contribution < -0.4 is 0 Å². The van der Waals surface area contributed by atoms with E-state index in [9.17, 15) is 27.9 Å². The van der Waals surface area contributed by atoms with E-state index < -0.39 is 52.7 Å². The fraction of sp³-hybridized carbons (Fsp3) is 0.643. The van der Waals surface area contributed by atoms with Crippen molar-refractivity contribution in [2.75, 3.05) is 13.0 Å². The number of aromatic nitrogens is 2. The molecule has 1 saturated carbocycles. The Morgan fingerprint density at radius 1 is 1.19 bits per heavy atom. The molecule has 1 saturated heterocycles. The maximum atomic E-state index is 13.4. The van der Waals surface area contributed by atoms with Gasteiger partial charge in [-0.1, -0.05) is 34.1 Å². The van der Waals surface area contributed by atoms with Crippen molar-refractivity contribution in [1.82, 2.24) is 14.3 Å². The van der Waals surface area contributed by atoms with Gasteiger partial charge in [0.25, 0.3) is 0 Å². The first kappa shape index (κ1) is 30.5. The molecule has 2 fully saturated rings. The molecule has 12 nitrogen and oxygen atoms in total. The van der Waals surface area contributed by atoms with Gasteiger partial charge in [-0.3, -0.25) is 9.20 Å². The van der Waals surface area contributed by atoms with Gasteiger partial charge in [-0.15, -0.1) is 11.3 Å². The molecular weight excluding hydrogens is 586 g/mol. The summed E-state index contributed by atoms with van der Waals surface area (Å²) in [7, 11) is -3.61. The van der Waals surface area contributed by atoms with Crippen LogP contribution in [0.2, 0.25) is 0 Å². The second kappa shape index (κ2) is 11.3. The molecule has 230 valence electrons. The van der Waals surface area contributed by atoms with Crippen LogP contribution in [0.4, 0.5) is 4.79 Å². The summed E-state index contributed by atoms with van der Waals surface area (Å²) in [5.41, 5.74) is 0.457. The summed E-state index contributed by atoms with van der Waals surface area (Å²) >= 11 is 1.12. The molecule has 2 aromatic rings. The quantitative estimate of drug-likeness (QED) is 0.263. The van der Waals surface area contributed by atoms with E-state index in [1.165, 1.54) is 18.2 Å². The van der Waals surface area contributed by atoms with Crippen molar-refractivity contribution >= 4 is 49.6 Å². The molecule has 0 bridgehead atoms. The maximum Gasteiger partial charge on any atom is 0.511 e. The van der Waals surface area contributed by atoms with Crippen LogP contribution in [0.25, 0.3) is 10.4 Å². The summed E-state index contributed by atoms with van der Waals surface area (Å²) in [5.74, 6) is -1.41. The second-order valence-electron chi connectivity index (χ2n) is 12.1. The van der Waals surface area contributed by atoms with Gasteiger partial charge in [0, 0.05) is 23.9 Å². The van der Waals surface area contributed by atoms with E-state index in [-0.39, 0.29) is 28.7 Å². The van der Waals surface area contributed by atoms with E-state index in [4.69, 9.17) is 14.2 Å². The van der Waals surface area contributed by atoms with E-state index in [1.807, 2.05) is 6.92 Å². The van der Waals surface area contributed by atoms with Gasteiger partial charge >= 0.3 is 12.1 Å². The Morgan fingerprint density at radius 2 is 1.90 bits per heavy atom. The number of thiazole rings is 1. The van der Waals surface area contributed by atoms with Crippen LogP contribution in [0.1, 0.15) is 58.8 Å². The minimum Gasteiger partial charge on any atom is -0.431 e. The fourth-order valence-electron chi connectivity index (χ4n) is 6.65. The minimum atomic E-state index is -3.61. The summed E-state index contributed by atoms with van der Waals surface area (Å²) in [6.07, 6.45) is 4.71. The number of β-lactam (4-membered cyclic amide) rings is 1. The van der Waals surface area contributed by atoms with Crippen molar-refractivity contribution in [2.45, 2.75) is 77.2 Å². The van der Waals surface area contributed by atoms with Crippen LogP contribution in [-0.4, -0.2) is 77.1 Å². The molecule has 5 rings (SSSR count). The summed E-state index contributed by atoms with van der Waals surface area (Å²) < 4.78 is 42.1. The highest BCUT2D eigenvalue weighted by Crippen LogP contribution is 2.52. The lowest BCUT2D eigenvalue weighted by Gasteiger charge is -2.46. The number of hydrogen-bond acceptors (Lipinski definition) is 11. The third-order valence-electron chi connectivity index (χ3n) is 8.74. The van der Waals surface area contributed by atoms with Gasteiger partial charge in [0.1, 0.15) is 23.0 Å². The third-order valence-corrected chi connectivity index (χ3v) is 11.0. The number of nitrogens with zero attached hydrogens (tertiary/aromatic N) is 3. The molecule has 2 aliphatic heterocycles. The summed E-state index contributed by atoms with van der Waals surface area (Å²) in [6, 6.07) is -0.490. The van der Waals surface area contributed by atoms with E-state index in [2.05, 4.69) is 25.8 Å². The highest BCUT2D eigenvalue weighted by atomic mass is 32.2. The molecule has 0 radical (unpaired) electrons. The Balaban J connectivity index is 1.36. The van der Waals surface area contributed by atoms with Crippen LogP contribution in [0.5, 0.6) is 0 Å². The van der Waals surface area contributed by atoms with Crippen molar-refractivity contribution in [3.05, 3.63) is 23.1 Å². The maximum absolute atomic E-state index is 13.4. The van der Waals surface area contributed by atoms with Gasteiger partial charge < -0.3 is 24.2 Å². The fourth-order valence-corrected chi connectivity index (χ4v) is 9.00. The molecule has 14 heteroatoms. The molecule has 4 heterocycles. The molecule has 0 aromatic carbocycles. The van der Waals surface area contributed by atoms with Crippen molar-refractivity contribution in [2.24, 2.45) is 29.6 Å². The van der Waals surface area contributed by atoms with Crippen molar-refractivity contribution in [1.29, 1.82) is 0 Å². The number of imidazole rings is 1. The highest BCUT2D eigenvalue weighted by molar-refractivity contribution is 7.91. The Hall–Kier alpha value is -2.97. The lowest BCUT2D eigenvalue weighted by Crippen LogP contribution is -2.63. The van der Waals surface area contributed by atoms with Gasteiger partial charge in [-0.25, -0.2) is 23.0 Å². The molecule has 1 aliphatic carbocycles. The van der Waals surface area contributed by atoms with Gasteiger partial charge in [0.05, 0.1) is 22.9 Å². The van der Waals surface area contributed by atoms with Gasteiger partial charge in [-0.05, 0) is 37.5 Å². The molecule has 42 heavy (non-hydrogen) atoms. The van der Waals surface area contributed by atoms with Crippen LogP contribution in [-0.2, 0) is 33.6 Å². The number of aliphatic hydroxyl groups is 1. The average molecular weight is 624 g/mol. The Morgan fingerprint density at radius 3 is 2.55 bits per heavy atom. The van der Waals surface area contributed by atoms with E-state index in [0.717, 1.165) is 36.9 Å². The molecular formula is C28H37N3O9S2. The predicted molar refractivity (Wildman–Crippen MR) is 152 cm³/mol. The largest absolute Gasteiger partial charge is 0.511 e. The monoisotopic (exact) mass is 623 g/mol. The molecule has 7 atom stereocenters. The van der Waals surface area contributed by atoms with E-state index in [0.29, 0.717) is 27.1 Å². The second-order valence-corrected chi connectivity index (χ2v) is 15.0. The smallest absolute Gasteiger partial charge is 0.431 e. The molecule has 1 N–H and O–H groups in total. The summed E-state index contributed by atoms with van der Waals surface area (Å²) in [6.45, 7) is 8.96.